The lowest BCUT2D eigenvalue weighted by Gasteiger charge is -2.21. The van der Waals surface area contributed by atoms with Crippen molar-refractivity contribution >= 4 is 46.8 Å². The zero-order valence-corrected chi connectivity index (χ0v) is 16.0. The number of esters is 1. The molecule has 27 heavy (non-hydrogen) atoms. The van der Waals surface area contributed by atoms with E-state index in [0.717, 1.165) is 10.5 Å². The van der Waals surface area contributed by atoms with Crippen molar-refractivity contribution in [3.63, 3.8) is 0 Å². The Morgan fingerprint density at radius 1 is 1.26 bits per heavy atom. The predicted molar refractivity (Wildman–Crippen MR) is 104 cm³/mol. The number of hydrogen-bond donors (Lipinski definition) is 2. The summed E-state index contributed by atoms with van der Waals surface area (Å²) in [5.74, 6) is -1.16. The van der Waals surface area contributed by atoms with Crippen LogP contribution in [0.4, 0.5) is 5.69 Å². The molecule has 1 atom stereocenters. The van der Waals surface area contributed by atoms with Crippen molar-refractivity contribution in [2.24, 2.45) is 0 Å². The lowest BCUT2D eigenvalue weighted by Crippen LogP contribution is -2.28. The van der Waals surface area contributed by atoms with Gasteiger partial charge in [0.15, 0.2) is 6.61 Å². The summed E-state index contributed by atoms with van der Waals surface area (Å²) >= 11 is 7.31. The fourth-order valence-corrected chi connectivity index (χ4v) is 3.59. The lowest BCUT2D eigenvalue weighted by molar-refractivity contribution is -0.124. The van der Waals surface area contributed by atoms with E-state index in [1.54, 1.807) is 36.4 Å². The monoisotopic (exact) mass is 404 g/mol. The molecule has 0 bridgehead atoms. The van der Waals surface area contributed by atoms with Crippen LogP contribution in [0.2, 0.25) is 5.02 Å². The molecule has 1 aliphatic heterocycles. The highest BCUT2D eigenvalue weighted by molar-refractivity contribution is 8.00. The fraction of sp³-hybridized carbons (Fsp3) is 0.211. The normalized spacial score (nSPS) is 15.5. The smallest absolute Gasteiger partial charge is 0.338 e. The zero-order chi connectivity index (χ0) is 19.4. The third-order valence-electron chi connectivity index (χ3n) is 3.86. The summed E-state index contributed by atoms with van der Waals surface area (Å²) in [5, 5.41) is 5.82. The molecule has 1 heterocycles. The van der Waals surface area contributed by atoms with Crippen LogP contribution in [0, 0.1) is 0 Å². The van der Waals surface area contributed by atoms with E-state index in [0.29, 0.717) is 10.7 Å². The second kappa shape index (κ2) is 8.45. The van der Waals surface area contributed by atoms with Crippen molar-refractivity contribution in [1.82, 2.24) is 5.32 Å². The first-order valence-corrected chi connectivity index (χ1v) is 9.48. The van der Waals surface area contributed by atoms with Crippen LogP contribution in [0.3, 0.4) is 0 Å². The first kappa shape index (κ1) is 19.3. The maximum Gasteiger partial charge on any atom is 0.338 e. The summed E-state index contributed by atoms with van der Waals surface area (Å²) in [6.07, 6.45) is 0. The highest BCUT2D eigenvalue weighted by Crippen LogP contribution is 2.36. The average Bonchev–Trinajstić information content (AvgIpc) is 2.65. The summed E-state index contributed by atoms with van der Waals surface area (Å²) in [6, 6.07) is 12.0. The van der Waals surface area contributed by atoms with Crippen molar-refractivity contribution in [3.8, 4) is 0 Å². The minimum Gasteiger partial charge on any atom is -0.452 e. The molecule has 0 spiro atoms. The molecule has 0 aliphatic carbocycles. The number of thioether (sulfide) groups is 1. The van der Waals surface area contributed by atoms with Gasteiger partial charge in [-0.3, -0.25) is 9.59 Å². The molecule has 0 radical (unpaired) electrons. The highest BCUT2D eigenvalue weighted by Gasteiger charge is 2.24. The van der Waals surface area contributed by atoms with Gasteiger partial charge < -0.3 is 15.4 Å². The van der Waals surface area contributed by atoms with Gasteiger partial charge in [-0.2, -0.15) is 0 Å². The number of ether oxygens (including phenoxy) is 1. The molecular formula is C19H17ClN2O4S. The summed E-state index contributed by atoms with van der Waals surface area (Å²) in [4.78, 5) is 36.7. The third kappa shape index (κ3) is 5.02. The van der Waals surface area contributed by atoms with Gasteiger partial charge in [-0.05, 0) is 42.8 Å². The van der Waals surface area contributed by atoms with Crippen molar-refractivity contribution in [2.75, 3.05) is 11.9 Å². The number of fused-ring (bicyclic) bond motifs is 1. The number of anilines is 1. The molecule has 8 heteroatoms. The first-order chi connectivity index (χ1) is 12.9. The van der Waals surface area contributed by atoms with Crippen LogP contribution < -0.4 is 10.6 Å². The Morgan fingerprint density at radius 3 is 2.85 bits per heavy atom. The van der Waals surface area contributed by atoms with Crippen LogP contribution >= 0.6 is 23.4 Å². The maximum absolute atomic E-state index is 12.2. The zero-order valence-electron chi connectivity index (χ0n) is 14.5. The molecule has 2 aromatic carbocycles. The van der Waals surface area contributed by atoms with E-state index in [1.165, 1.54) is 11.8 Å². The van der Waals surface area contributed by atoms with Gasteiger partial charge in [-0.15, -0.1) is 11.8 Å². The molecule has 2 aromatic rings. The third-order valence-corrected chi connectivity index (χ3v) is 5.27. The van der Waals surface area contributed by atoms with Crippen molar-refractivity contribution < 1.29 is 19.1 Å². The van der Waals surface area contributed by atoms with E-state index in [-0.39, 0.29) is 23.3 Å². The van der Waals surface area contributed by atoms with E-state index in [9.17, 15) is 14.4 Å². The van der Waals surface area contributed by atoms with Gasteiger partial charge in [0.2, 0.25) is 5.91 Å². The highest BCUT2D eigenvalue weighted by atomic mass is 35.5. The maximum atomic E-state index is 12.2. The standard InChI is InChI=1S/C19H17ClN2O4S/c1-11-18(24)22-15-8-13(5-6-16(15)27-11)19(25)26-10-17(23)21-9-12-3-2-4-14(20)7-12/h2-8,11H,9-10H2,1H3,(H,21,23)(H,22,24)/t11-/m1/s1. The minimum atomic E-state index is -0.631. The summed E-state index contributed by atoms with van der Waals surface area (Å²) < 4.78 is 5.04. The number of benzene rings is 2. The largest absolute Gasteiger partial charge is 0.452 e. The molecule has 0 aromatic heterocycles. The molecule has 0 fully saturated rings. The molecule has 1 aliphatic rings. The molecular weight excluding hydrogens is 388 g/mol. The number of amides is 2. The number of hydrogen-bond acceptors (Lipinski definition) is 5. The Kier molecular flexibility index (Phi) is 6.03. The SMILES string of the molecule is C[C@H]1Sc2ccc(C(=O)OCC(=O)NCc3cccc(Cl)c3)cc2NC1=O. The topological polar surface area (TPSA) is 84.5 Å². The number of halogens is 1. The van der Waals surface area contributed by atoms with E-state index in [2.05, 4.69) is 10.6 Å². The molecule has 0 unspecified atom stereocenters. The number of rotatable bonds is 5. The van der Waals surface area contributed by atoms with E-state index >= 15 is 0 Å². The fourth-order valence-electron chi connectivity index (χ4n) is 2.45. The quantitative estimate of drug-likeness (QED) is 0.747. The van der Waals surface area contributed by atoms with E-state index < -0.39 is 18.5 Å². The number of carbonyl (C=O) groups is 3. The van der Waals surface area contributed by atoms with Crippen LogP contribution in [0.1, 0.15) is 22.8 Å². The minimum absolute atomic E-state index is 0.113. The van der Waals surface area contributed by atoms with Gasteiger partial charge in [0, 0.05) is 16.5 Å². The predicted octanol–water partition coefficient (Wildman–Crippen LogP) is 3.25. The molecule has 0 saturated heterocycles. The van der Waals surface area contributed by atoms with Crippen molar-refractivity contribution in [1.29, 1.82) is 0 Å². The van der Waals surface area contributed by atoms with Gasteiger partial charge in [0.25, 0.3) is 5.91 Å². The lowest BCUT2D eigenvalue weighted by atomic mass is 10.2. The van der Waals surface area contributed by atoms with Gasteiger partial charge in [-0.1, -0.05) is 23.7 Å². The average molecular weight is 405 g/mol. The van der Waals surface area contributed by atoms with Crippen LogP contribution in [0.25, 0.3) is 0 Å². The Balaban J connectivity index is 1.52. The van der Waals surface area contributed by atoms with Gasteiger partial charge in [0.1, 0.15) is 0 Å². The molecule has 2 N–H and O–H groups in total. The Morgan fingerprint density at radius 2 is 2.07 bits per heavy atom. The van der Waals surface area contributed by atoms with Gasteiger partial charge >= 0.3 is 5.97 Å². The summed E-state index contributed by atoms with van der Waals surface area (Å²) in [7, 11) is 0. The number of carbonyl (C=O) groups excluding carboxylic acids is 3. The molecule has 140 valence electrons. The van der Waals surface area contributed by atoms with Crippen LogP contribution in [-0.2, 0) is 20.9 Å². The Bertz CT molecular complexity index is 903. The van der Waals surface area contributed by atoms with E-state index in [4.69, 9.17) is 16.3 Å². The van der Waals surface area contributed by atoms with Crippen molar-refractivity contribution in [3.05, 3.63) is 58.6 Å². The number of nitrogens with one attached hydrogen (secondary N) is 2. The van der Waals surface area contributed by atoms with Gasteiger partial charge in [-0.25, -0.2) is 4.79 Å². The molecule has 6 nitrogen and oxygen atoms in total. The van der Waals surface area contributed by atoms with Crippen molar-refractivity contribution in [2.45, 2.75) is 23.6 Å². The first-order valence-electron chi connectivity index (χ1n) is 8.22. The second-order valence-corrected chi connectivity index (χ2v) is 7.76. The Hall–Kier alpha value is -2.51. The van der Waals surface area contributed by atoms with Gasteiger partial charge in [0.05, 0.1) is 16.5 Å². The van der Waals surface area contributed by atoms with Crippen LogP contribution in [-0.4, -0.2) is 29.6 Å². The molecule has 0 saturated carbocycles. The molecule has 3 rings (SSSR count). The summed E-state index contributed by atoms with van der Waals surface area (Å²) in [6.45, 7) is 1.71. The van der Waals surface area contributed by atoms with Crippen LogP contribution in [0.15, 0.2) is 47.4 Å². The second-order valence-electron chi connectivity index (χ2n) is 5.94. The summed E-state index contributed by atoms with van der Waals surface area (Å²) in [5.41, 5.74) is 1.69. The van der Waals surface area contributed by atoms with Crippen LogP contribution in [0.5, 0.6) is 0 Å². The van der Waals surface area contributed by atoms with E-state index in [1.807, 2.05) is 13.0 Å². The molecule has 2 amide bonds. The Labute approximate surface area is 165 Å².